The Kier molecular flexibility index (Phi) is 5.67. The van der Waals surface area contributed by atoms with Crippen molar-refractivity contribution in [2.24, 2.45) is 0 Å². The molecule has 0 bridgehead atoms. The molecule has 0 aromatic heterocycles. The summed E-state index contributed by atoms with van der Waals surface area (Å²) in [5.74, 6) is -0.00105. The van der Waals surface area contributed by atoms with E-state index in [1.165, 1.54) is 17.1 Å². The third kappa shape index (κ3) is 4.44. The number of hydrogen-bond acceptors (Lipinski definition) is 3. The molecule has 0 heterocycles. The molecule has 3 aromatic carbocycles. The molecule has 0 aliphatic carbocycles. The molecule has 0 fully saturated rings. The van der Waals surface area contributed by atoms with Crippen LogP contribution in [-0.4, -0.2) is 11.7 Å². The van der Waals surface area contributed by atoms with Crippen molar-refractivity contribution in [1.29, 1.82) is 0 Å². The summed E-state index contributed by atoms with van der Waals surface area (Å²) in [5, 5.41) is 3.28. The maximum Gasteiger partial charge on any atom is 0.316 e. The fourth-order valence-corrected chi connectivity index (χ4v) is 3.30. The van der Waals surface area contributed by atoms with Crippen LogP contribution >= 0.6 is 35.0 Å². The number of esters is 1. The molecule has 0 amide bonds. The largest absolute Gasteiger partial charge is 0.460 e. The predicted molar refractivity (Wildman–Crippen MR) is 101 cm³/mol. The van der Waals surface area contributed by atoms with Crippen LogP contribution in [0.25, 0.3) is 10.8 Å². The van der Waals surface area contributed by atoms with Crippen LogP contribution in [0.4, 0.5) is 0 Å². The maximum atomic E-state index is 11.9. The van der Waals surface area contributed by atoms with Gasteiger partial charge in [0.15, 0.2) is 0 Å². The fourth-order valence-electron chi connectivity index (χ4n) is 2.23. The van der Waals surface area contributed by atoms with Crippen LogP contribution in [0, 0.1) is 0 Å². The van der Waals surface area contributed by atoms with E-state index in [1.54, 1.807) is 18.2 Å². The molecule has 2 nitrogen and oxygen atoms in total. The molecule has 0 N–H and O–H groups in total. The zero-order chi connectivity index (χ0) is 16.9. The average molecular weight is 377 g/mol. The molecule has 0 atom stereocenters. The summed E-state index contributed by atoms with van der Waals surface area (Å²) in [6, 6.07) is 19.5. The average Bonchev–Trinajstić information content (AvgIpc) is 2.60. The van der Waals surface area contributed by atoms with E-state index in [9.17, 15) is 4.79 Å². The Balaban J connectivity index is 1.53. The Hall–Kier alpha value is -1.68. The lowest BCUT2D eigenvalue weighted by Crippen LogP contribution is -2.07. The van der Waals surface area contributed by atoms with Crippen LogP contribution < -0.4 is 0 Å². The summed E-state index contributed by atoms with van der Waals surface area (Å²) in [7, 11) is 0. The van der Waals surface area contributed by atoms with Crippen LogP contribution in [-0.2, 0) is 16.1 Å². The maximum absolute atomic E-state index is 11.9. The molecular weight excluding hydrogens is 363 g/mol. The van der Waals surface area contributed by atoms with Crippen LogP contribution in [0.1, 0.15) is 5.56 Å². The second kappa shape index (κ2) is 7.93. The lowest BCUT2D eigenvalue weighted by Gasteiger charge is -2.07. The number of hydrogen-bond donors (Lipinski definition) is 0. The van der Waals surface area contributed by atoms with Gasteiger partial charge in [-0.05, 0) is 40.6 Å². The smallest absolute Gasteiger partial charge is 0.316 e. The van der Waals surface area contributed by atoms with Gasteiger partial charge in [0.1, 0.15) is 6.61 Å². The number of benzene rings is 3. The summed E-state index contributed by atoms with van der Waals surface area (Å²) in [6.07, 6.45) is 0. The van der Waals surface area contributed by atoms with Gasteiger partial charge < -0.3 is 4.74 Å². The number of carbonyl (C=O) groups is 1. The van der Waals surface area contributed by atoms with E-state index in [-0.39, 0.29) is 18.3 Å². The van der Waals surface area contributed by atoms with Crippen molar-refractivity contribution in [3.8, 4) is 0 Å². The quantitative estimate of drug-likeness (QED) is 0.404. The third-order valence-corrected chi connectivity index (χ3v) is 5.17. The molecule has 24 heavy (non-hydrogen) atoms. The van der Waals surface area contributed by atoms with Crippen molar-refractivity contribution in [1.82, 2.24) is 0 Å². The van der Waals surface area contributed by atoms with Crippen molar-refractivity contribution >= 4 is 51.7 Å². The van der Waals surface area contributed by atoms with Crippen LogP contribution in [0.15, 0.2) is 65.6 Å². The first-order valence-corrected chi connectivity index (χ1v) is 9.07. The highest BCUT2D eigenvalue weighted by molar-refractivity contribution is 8.00. The standard InChI is InChI=1S/C19H14Cl2O2S/c20-17-8-5-13(9-18(17)21)11-23-19(22)12-24-16-7-6-14-3-1-2-4-15(14)10-16/h1-10H,11-12H2. The molecule has 3 rings (SSSR count). The third-order valence-electron chi connectivity index (χ3n) is 3.46. The first kappa shape index (κ1) is 17.2. The first-order chi connectivity index (χ1) is 11.6. The SMILES string of the molecule is O=C(CSc1ccc2ccccc2c1)OCc1ccc(Cl)c(Cl)c1. The van der Waals surface area contributed by atoms with Gasteiger partial charge in [0.05, 0.1) is 15.8 Å². The van der Waals surface area contributed by atoms with Gasteiger partial charge in [0.2, 0.25) is 0 Å². The Morgan fingerprint density at radius 1 is 0.917 bits per heavy atom. The van der Waals surface area contributed by atoms with Gasteiger partial charge in [-0.15, -0.1) is 11.8 Å². The summed E-state index contributed by atoms with van der Waals surface area (Å²) < 4.78 is 5.27. The molecule has 0 saturated heterocycles. The minimum Gasteiger partial charge on any atom is -0.460 e. The number of rotatable bonds is 5. The van der Waals surface area contributed by atoms with Gasteiger partial charge in [0, 0.05) is 4.90 Å². The molecule has 5 heteroatoms. The second-order valence-electron chi connectivity index (χ2n) is 5.21. The van der Waals surface area contributed by atoms with E-state index in [1.807, 2.05) is 18.2 Å². The van der Waals surface area contributed by atoms with Crippen LogP contribution in [0.2, 0.25) is 10.0 Å². The summed E-state index contributed by atoms with van der Waals surface area (Å²) in [6.45, 7) is 0.188. The second-order valence-corrected chi connectivity index (χ2v) is 7.07. The number of thioether (sulfide) groups is 1. The molecule has 0 unspecified atom stereocenters. The molecule has 0 spiro atoms. The Morgan fingerprint density at radius 3 is 2.50 bits per heavy atom. The Morgan fingerprint density at radius 2 is 1.71 bits per heavy atom. The minimum absolute atomic E-state index is 0.188. The topological polar surface area (TPSA) is 26.3 Å². The monoisotopic (exact) mass is 376 g/mol. The highest BCUT2D eigenvalue weighted by Gasteiger charge is 2.07. The number of ether oxygens (including phenoxy) is 1. The lowest BCUT2D eigenvalue weighted by atomic mass is 10.1. The molecule has 122 valence electrons. The number of fused-ring (bicyclic) bond motifs is 1. The Bertz CT molecular complexity index is 880. The van der Waals surface area contributed by atoms with Gasteiger partial charge in [-0.3, -0.25) is 4.79 Å². The molecule has 0 aliphatic heterocycles. The van der Waals surface area contributed by atoms with Crippen LogP contribution in [0.5, 0.6) is 0 Å². The van der Waals surface area contributed by atoms with E-state index >= 15 is 0 Å². The van der Waals surface area contributed by atoms with Gasteiger partial charge in [-0.25, -0.2) is 0 Å². The predicted octanol–water partition coefficient (Wildman–Crippen LogP) is 5.98. The van der Waals surface area contributed by atoms with Crippen molar-refractivity contribution in [2.75, 3.05) is 5.75 Å². The van der Waals surface area contributed by atoms with Crippen molar-refractivity contribution in [3.63, 3.8) is 0 Å². The van der Waals surface area contributed by atoms with Crippen LogP contribution in [0.3, 0.4) is 0 Å². The van der Waals surface area contributed by atoms with E-state index in [0.29, 0.717) is 10.0 Å². The van der Waals surface area contributed by atoms with Gasteiger partial charge in [-0.1, -0.05) is 59.6 Å². The van der Waals surface area contributed by atoms with Gasteiger partial charge in [0.25, 0.3) is 0 Å². The molecular formula is C19H14Cl2O2S. The summed E-state index contributed by atoms with van der Waals surface area (Å²) in [5.41, 5.74) is 0.813. The van der Waals surface area contributed by atoms with Gasteiger partial charge >= 0.3 is 5.97 Å². The summed E-state index contributed by atoms with van der Waals surface area (Å²) in [4.78, 5) is 12.9. The van der Waals surface area contributed by atoms with E-state index < -0.39 is 0 Å². The highest BCUT2D eigenvalue weighted by Crippen LogP contribution is 2.25. The molecule has 0 aliphatic rings. The molecule has 3 aromatic rings. The zero-order valence-corrected chi connectivity index (χ0v) is 15.0. The molecule has 0 saturated carbocycles. The van der Waals surface area contributed by atoms with E-state index in [2.05, 4.69) is 24.3 Å². The van der Waals surface area contributed by atoms with E-state index in [4.69, 9.17) is 27.9 Å². The highest BCUT2D eigenvalue weighted by atomic mass is 35.5. The van der Waals surface area contributed by atoms with Gasteiger partial charge in [-0.2, -0.15) is 0 Å². The first-order valence-electron chi connectivity index (χ1n) is 7.33. The Labute approximate surface area is 154 Å². The number of carbonyl (C=O) groups excluding carboxylic acids is 1. The van der Waals surface area contributed by atoms with Crippen molar-refractivity contribution in [3.05, 3.63) is 76.3 Å². The number of halogens is 2. The lowest BCUT2D eigenvalue weighted by molar-refractivity contribution is -0.141. The molecule has 0 radical (unpaired) electrons. The van der Waals surface area contributed by atoms with E-state index in [0.717, 1.165) is 15.8 Å². The van der Waals surface area contributed by atoms with Crippen molar-refractivity contribution < 1.29 is 9.53 Å². The van der Waals surface area contributed by atoms with Crippen molar-refractivity contribution in [2.45, 2.75) is 11.5 Å². The minimum atomic E-state index is -0.265. The summed E-state index contributed by atoms with van der Waals surface area (Å²) >= 11 is 13.3. The zero-order valence-electron chi connectivity index (χ0n) is 12.7. The fraction of sp³-hybridized carbons (Fsp3) is 0.105. The normalized spacial score (nSPS) is 10.8.